The molecule has 0 aliphatic carbocycles. The Labute approximate surface area is 225 Å². The van der Waals surface area contributed by atoms with Crippen molar-refractivity contribution in [3.8, 4) is 11.5 Å². The zero-order valence-corrected chi connectivity index (χ0v) is 23.9. The third kappa shape index (κ3) is 6.21. The van der Waals surface area contributed by atoms with Crippen LogP contribution in [-0.2, 0) is 9.53 Å². The molecule has 2 atom stereocenters. The number of esters is 1. The molecule has 0 aliphatic heterocycles. The van der Waals surface area contributed by atoms with Gasteiger partial charge in [0.15, 0.2) is 17.6 Å². The predicted molar refractivity (Wildman–Crippen MR) is 148 cm³/mol. The van der Waals surface area contributed by atoms with Crippen LogP contribution in [0.1, 0.15) is 51.4 Å². The van der Waals surface area contributed by atoms with E-state index in [-0.39, 0.29) is 18.1 Å². The number of hydrogen-bond donors (Lipinski definition) is 0. The lowest BCUT2D eigenvalue weighted by molar-refractivity contribution is -0.150. The Balaban J connectivity index is 2.04. The Morgan fingerprint density at radius 3 is 2.66 bits per heavy atom. The van der Waals surface area contributed by atoms with Gasteiger partial charge in [-0.15, -0.1) is 0 Å². The first-order chi connectivity index (χ1) is 16.7. The standard InChI is InChI=1S/C25H27BrIN3O5/c1-6-14(3)23-29-20-9-8-17(26)12-18(20)24(31)30(23)28-13-16-10-19(27)22(21(11-16)33-5)35-15(4)25(32)34-7-2/h8-15H,6-7H2,1-5H3/t14-,15+/m1/s1. The van der Waals surface area contributed by atoms with Crippen LogP contribution in [0.5, 0.6) is 11.5 Å². The largest absolute Gasteiger partial charge is 0.493 e. The molecule has 0 N–H and O–H groups in total. The van der Waals surface area contributed by atoms with Gasteiger partial charge in [0.05, 0.1) is 34.4 Å². The summed E-state index contributed by atoms with van der Waals surface area (Å²) in [5.41, 5.74) is 1.08. The summed E-state index contributed by atoms with van der Waals surface area (Å²) < 4.78 is 19.2. The lowest BCUT2D eigenvalue weighted by atomic mass is 10.1. The van der Waals surface area contributed by atoms with Crippen LogP contribution in [-0.4, -0.2) is 41.7 Å². The van der Waals surface area contributed by atoms with Crippen molar-refractivity contribution >= 4 is 61.6 Å². The van der Waals surface area contributed by atoms with Crippen LogP contribution in [0.15, 0.2) is 44.7 Å². The van der Waals surface area contributed by atoms with Crippen LogP contribution in [0.4, 0.5) is 0 Å². The lowest BCUT2D eigenvalue weighted by Gasteiger charge is -2.17. The number of ether oxygens (including phenoxy) is 3. The summed E-state index contributed by atoms with van der Waals surface area (Å²) in [5, 5.41) is 4.99. The van der Waals surface area contributed by atoms with E-state index in [0.717, 1.165) is 14.5 Å². The maximum absolute atomic E-state index is 13.3. The second-order valence-electron chi connectivity index (χ2n) is 7.85. The van der Waals surface area contributed by atoms with Crippen molar-refractivity contribution in [2.75, 3.05) is 13.7 Å². The van der Waals surface area contributed by atoms with E-state index >= 15 is 0 Å². The predicted octanol–water partition coefficient (Wildman–Crippen LogP) is 5.50. The molecule has 0 saturated heterocycles. The van der Waals surface area contributed by atoms with Crippen molar-refractivity contribution in [2.24, 2.45) is 5.10 Å². The molecular weight excluding hydrogens is 629 g/mol. The average Bonchev–Trinajstić information content (AvgIpc) is 2.84. The third-order valence-electron chi connectivity index (χ3n) is 5.37. The van der Waals surface area contributed by atoms with E-state index in [1.54, 1.807) is 32.2 Å². The van der Waals surface area contributed by atoms with Crippen LogP contribution in [0.25, 0.3) is 10.9 Å². The number of nitrogens with zero attached hydrogens (tertiary/aromatic N) is 3. The first-order valence-electron chi connectivity index (χ1n) is 11.2. The van der Waals surface area contributed by atoms with Crippen molar-refractivity contribution in [1.29, 1.82) is 0 Å². The highest BCUT2D eigenvalue weighted by Crippen LogP contribution is 2.34. The van der Waals surface area contributed by atoms with Gasteiger partial charge < -0.3 is 14.2 Å². The normalized spacial score (nSPS) is 13.1. The molecule has 3 rings (SSSR count). The second-order valence-corrected chi connectivity index (χ2v) is 9.93. The Kier molecular flexibility index (Phi) is 9.28. The van der Waals surface area contributed by atoms with Crippen LogP contribution >= 0.6 is 38.5 Å². The summed E-state index contributed by atoms with van der Waals surface area (Å²) in [4.78, 5) is 30.0. The number of methoxy groups -OCH3 is 1. The SMILES string of the molecule is CCOC(=O)[C@H](C)Oc1c(I)cc(C=Nn2c([C@H](C)CC)nc3ccc(Br)cc3c2=O)cc1OC. The van der Waals surface area contributed by atoms with Gasteiger partial charge in [-0.1, -0.05) is 29.8 Å². The Bertz CT molecular complexity index is 1320. The van der Waals surface area contributed by atoms with E-state index in [1.807, 2.05) is 32.0 Å². The lowest BCUT2D eigenvalue weighted by Crippen LogP contribution is -2.26. The van der Waals surface area contributed by atoms with Gasteiger partial charge in [-0.25, -0.2) is 9.78 Å². The second kappa shape index (κ2) is 12.0. The number of hydrogen-bond acceptors (Lipinski definition) is 7. The van der Waals surface area contributed by atoms with Crippen LogP contribution in [0, 0.1) is 3.57 Å². The van der Waals surface area contributed by atoms with Gasteiger partial charge in [0.2, 0.25) is 0 Å². The molecular formula is C25H27BrIN3O5. The maximum atomic E-state index is 13.3. The van der Waals surface area contributed by atoms with Gasteiger partial charge in [-0.2, -0.15) is 9.78 Å². The van der Waals surface area contributed by atoms with Gasteiger partial charge in [0.1, 0.15) is 5.82 Å². The minimum Gasteiger partial charge on any atom is -0.493 e. The van der Waals surface area contributed by atoms with Crippen molar-refractivity contribution in [3.63, 3.8) is 0 Å². The number of carbonyl (C=O) groups excluding carboxylic acids is 1. The molecule has 1 heterocycles. The van der Waals surface area contributed by atoms with E-state index in [4.69, 9.17) is 19.2 Å². The molecule has 0 spiro atoms. The molecule has 10 heteroatoms. The summed E-state index contributed by atoms with van der Waals surface area (Å²) in [5.74, 6) is 1.03. The van der Waals surface area contributed by atoms with Crippen molar-refractivity contribution in [2.45, 2.75) is 46.1 Å². The molecule has 0 amide bonds. The highest BCUT2D eigenvalue weighted by Gasteiger charge is 2.21. The zero-order valence-electron chi connectivity index (χ0n) is 20.2. The number of fused-ring (bicyclic) bond motifs is 1. The van der Waals surface area contributed by atoms with E-state index in [9.17, 15) is 9.59 Å². The van der Waals surface area contributed by atoms with Crippen LogP contribution in [0.2, 0.25) is 0 Å². The van der Waals surface area contributed by atoms with E-state index in [2.05, 4.69) is 43.6 Å². The summed E-state index contributed by atoms with van der Waals surface area (Å²) in [6.45, 7) is 7.69. The van der Waals surface area contributed by atoms with Crippen LogP contribution < -0.4 is 15.0 Å². The molecule has 0 fully saturated rings. The van der Waals surface area contributed by atoms with E-state index in [0.29, 0.717) is 33.8 Å². The van der Waals surface area contributed by atoms with Crippen molar-refractivity contribution in [1.82, 2.24) is 9.66 Å². The maximum Gasteiger partial charge on any atom is 0.347 e. The summed E-state index contributed by atoms with van der Waals surface area (Å²) in [6.07, 6.45) is 1.60. The van der Waals surface area contributed by atoms with Crippen molar-refractivity contribution < 1.29 is 19.0 Å². The Morgan fingerprint density at radius 2 is 2.00 bits per heavy atom. The summed E-state index contributed by atoms with van der Waals surface area (Å²) >= 11 is 5.53. The fraction of sp³-hybridized carbons (Fsp3) is 0.360. The number of benzene rings is 2. The van der Waals surface area contributed by atoms with E-state index in [1.165, 1.54) is 11.8 Å². The minimum atomic E-state index is -0.795. The summed E-state index contributed by atoms with van der Waals surface area (Å²) in [6, 6.07) is 9.00. The fourth-order valence-electron chi connectivity index (χ4n) is 3.32. The van der Waals surface area contributed by atoms with Gasteiger partial charge >= 0.3 is 5.97 Å². The third-order valence-corrected chi connectivity index (χ3v) is 6.67. The minimum absolute atomic E-state index is 0.0303. The van der Waals surface area contributed by atoms with Gasteiger partial charge in [-0.3, -0.25) is 4.79 Å². The zero-order chi connectivity index (χ0) is 25.7. The first-order valence-corrected chi connectivity index (χ1v) is 13.0. The first kappa shape index (κ1) is 27.1. The smallest absolute Gasteiger partial charge is 0.347 e. The molecule has 1 aromatic heterocycles. The van der Waals surface area contributed by atoms with Gasteiger partial charge in [0.25, 0.3) is 5.56 Å². The number of aromatic nitrogens is 2. The molecule has 2 aromatic carbocycles. The molecule has 0 unspecified atom stereocenters. The molecule has 8 nitrogen and oxygen atoms in total. The molecule has 186 valence electrons. The molecule has 0 saturated carbocycles. The monoisotopic (exact) mass is 655 g/mol. The van der Waals surface area contributed by atoms with Crippen LogP contribution in [0.3, 0.4) is 0 Å². The van der Waals surface area contributed by atoms with Gasteiger partial charge in [-0.05, 0) is 78.8 Å². The molecule has 0 aliphatic rings. The molecule has 35 heavy (non-hydrogen) atoms. The highest BCUT2D eigenvalue weighted by atomic mass is 127. The topological polar surface area (TPSA) is 92.0 Å². The van der Waals surface area contributed by atoms with Crippen molar-refractivity contribution in [3.05, 3.63) is 60.1 Å². The number of halogens is 2. The number of carbonyl (C=O) groups is 1. The quantitative estimate of drug-likeness (QED) is 0.172. The van der Waals surface area contributed by atoms with Gasteiger partial charge in [0, 0.05) is 10.4 Å². The number of rotatable bonds is 9. The molecule has 0 radical (unpaired) electrons. The Morgan fingerprint density at radius 1 is 1.26 bits per heavy atom. The Hall–Kier alpha value is -2.47. The fourth-order valence-corrected chi connectivity index (χ4v) is 4.43. The average molecular weight is 656 g/mol. The summed E-state index contributed by atoms with van der Waals surface area (Å²) in [7, 11) is 1.52. The molecule has 3 aromatic rings. The molecule has 0 bridgehead atoms. The van der Waals surface area contributed by atoms with E-state index < -0.39 is 12.1 Å². The highest BCUT2D eigenvalue weighted by molar-refractivity contribution is 14.1.